The van der Waals surface area contributed by atoms with Crippen molar-refractivity contribution in [2.75, 3.05) is 18.1 Å². The van der Waals surface area contributed by atoms with Gasteiger partial charge in [-0.25, -0.2) is 13.2 Å². The molecular formula is C11H15N3O8S. The van der Waals surface area contributed by atoms with Crippen LogP contribution in [0.25, 0.3) is 0 Å². The Morgan fingerprint density at radius 1 is 1.48 bits per heavy atom. The first-order valence-electron chi connectivity index (χ1n) is 6.40. The van der Waals surface area contributed by atoms with Crippen LogP contribution in [0.2, 0.25) is 0 Å². The number of aliphatic hydroxyl groups excluding tert-OH is 2. The second-order valence-corrected chi connectivity index (χ2v) is 7.10. The average Bonchev–Trinajstić information content (AvgIpc) is 2.75. The number of aliphatic carboxylic acids is 1. The largest absolute Gasteiger partial charge is 0.480 e. The zero-order valence-corrected chi connectivity index (χ0v) is 12.5. The standard InChI is InChI=1S/C11H15N3O8S/c12-6-1-2-14(11(19)13-6)10-8(18)9(5(3-15)22-10)23(20,21)4-7(16)17/h1-2,5,8-10,15,18H,3-4H2,(H,16,17)(H2,12,13,19)/t5-,8-,9-,10-/m1/s1. The summed E-state index contributed by atoms with van der Waals surface area (Å²) in [6, 6.07) is 1.24. The number of nitrogens with zero attached hydrogens (tertiary/aromatic N) is 2. The van der Waals surface area contributed by atoms with E-state index in [1.807, 2.05) is 0 Å². The summed E-state index contributed by atoms with van der Waals surface area (Å²) in [5.41, 5.74) is 4.45. The summed E-state index contributed by atoms with van der Waals surface area (Å²) < 4.78 is 30.2. The molecule has 128 valence electrons. The minimum absolute atomic E-state index is 0.0764. The second-order valence-electron chi connectivity index (χ2n) is 4.95. The normalized spacial score (nSPS) is 27.9. The highest BCUT2D eigenvalue weighted by molar-refractivity contribution is 7.92. The maximum Gasteiger partial charge on any atom is 0.351 e. The summed E-state index contributed by atoms with van der Waals surface area (Å²) in [6.07, 6.45) is -3.44. The minimum Gasteiger partial charge on any atom is -0.480 e. The fourth-order valence-electron chi connectivity index (χ4n) is 2.43. The van der Waals surface area contributed by atoms with Crippen LogP contribution in [0.3, 0.4) is 0 Å². The molecule has 0 amide bonds. The van der Waals surface area contributed by atoms with Crippen molar-refractivity contribution in [2.45, 2.75) is 23.7 Å². The van der Waals surface area contributed by atoms with E-state index in [0.29, 0.717) is 0 Å². The number of carboxylic acid groups (broad SMARTS) is 1. The van der Waals surface area contributed by atoms with Crippen molar-refractivity contribution < 1.29 is 33.3 Å². The molecule has 11 nitrogen and oxygen atoms in total. The Bertz CT molecular complexity index is 761. The van der Waals surface area contributed by atoms with Gasteiger partial charge in [0.1, 0.15) is 29.0 Å². The molecule has 0 unspecified atom stereocenters. The lowest BCUT2D eigenvalue weighted by molar-refractivity contribution is -0.134. The molecule has 0 bridgehead atoms. The maximum absolute atomic E-state index is 12.1. The third-order valence-corrected chi connectivity index (χ3v) is 5.42. The van der Waals surface area contributed by atoms with Gasteiger partial charge in [0.15, 0.2) is 16.1 Å². The molecule has 1 aliphatic heterocycles. The second kappa shape index (κ2) is 6.23. The molecule has 1 aromatic rings. The van der Waals surface area contributed by atoms with Crippen molar-refractivity contribution >= 4 is 21.6 Å². The molecule has 1 aliphatic rings. The van der Waals surface area contributed by atoms with Gasteiger partial charge in [-0.15, -0.1) is 0 Å². The van der Waals surface area contributed by atoms with Gasteiger partial charge in [-0.05, 0) is 6.07 Å². The third-order valence-electron chi connectivity index (χ3n) is 3.35. The molecule has 1 aromatic heterocycles. The van der Waals surface area contributed by atoms with Gasteiger partial charge >= 0.3 is 11.7 Å². The van der Waals surface area contributed by atoms with Gasteiger partial charge < -0.3 is 25.8 Å². The van der Waals surface area contributed by atoms with E-state index in [1.165, 1.54) is 6.07 Å². The van der Waals surface area contributed by atoms with Crippen LogP contribution in [-0.2, 0) is 19.4 Å². The van der Waals surface area contributed by atoms with Gasteiger partial charge in [-0.1, -0.05) is 0 Å². The molecule has 0 aliphatic carbocycles. The number of rotatable bonds is 5. The monoisotopic (exact) mass is 349 g/mol. The topological polar surface area (TPSA) is 182 Å². The van der Waals surface area contributed by atoms with E-state index in [4.69, 9.17) is 15.6 Å². The van der Waals surface area contributed by atoms with E-state index in [9.17, 15) is 28.2 Å². The number of anilines is 1. The number of aromatic nitrogens is 2. The SMILES string of the molecule is Nc1ccn([C@@H]2O[C@H](CO)[C@@H](S(=O)(=O)CC(=O)O)[C@H]2O)c(=O)n1. The Morgan fingerprint density at radius 3 is 2.65 bits per heavy atom. The zero-order chi connectivity index (χ0) is 17.4. The van der Waals surface area contributed by atoms with E-state index in [0.717, 1.165) is 10.8 Å². The van der Waals surface area contributed by atoms with Crippen LogP contribution in [-0.4, -0.2) is 69.1 Å². The molecule has 1 saturated heterocycles. The first kappa shape index (κ1) is 17.3. The number of nitrogen functional groups attached to an aromatic ring is 1. The molecule has 0 aromatic carbocycles. The first-order chi connectivity index (χ1) is 10.7. The van der Waals surface area contributed by atoms with Crippen LogP contribution in [0, 0.1) is 0 Å². The quantitative estimate of drug-likeness (QED) is 0.426. The Kier molecular flexibility index (Phi) is 4.70. The van der Waals surface area contributed by atoms with E-state index >= 15 is 0 Å². The first-order valence-corrected chi connectivity index (χ1v) is 8.11. The highest BCUT2D eigenvalue weighted by Gasteiger charge is 2.51. The molecule has 0 spiro atoms. The number of carbonyl (C=O) groups is 1. The van der Waals surface area contributed by atoms with Crippen molar-refractivity contribution in [3.05, 3.63) is 22.7 Å². The summed E-state index contributed by atoms with van der Waals surface area (Å²) in [5, 5.41) is 26.5. The van der Waals surface area contributed by atoms with Gasteiger partial charge in [-0.2, -0.15) is 4.98 Å². The summed E-state index contributed by atoms with van der Waals surface area (Å²) in [6.45, 7) is -0.784. The molecular weight excluding hydrogens is 334 g/mol. The molecule has 0 radical (unpaired) electrons. The molecule has 5 N–H and O–H groups in total. The number of nitrogens with two attached hydrogens (primary N) is 1. The summed E-state index contributed by atoms with van der Waals surface area (Å²) in [7, 11) is -4.33. The van der Waals surface area contributed by atoms with Gasteiger partial charge in [0, 0.05) is 6.20 Å². The van der Waals surface area contributed by atoms with Crippen LogP contribution in [0.4, 0.5) is 5.82 Å². The Labute approximate surface area is 129 Å². The summed E-state index contributed by atoms with van der Waals surface area (Å²) >= 11 is 0. The smallest absolute Gasteiger partial charge is 0.351 e. The van der Waals surface area contributed by atoms with Gasteiger partial charge in [0.25, 0.3) is 0 Å². The predicted molar refractivity (Wildman–Crippen MR) is 75.1 cm³/mol. The summed E-state index contributed by atoms with van der Waals surface area (Å²) in [5.74, 6) is -2.92. The number of hydrogen-bond donors (Lipinski definition) is 4. The molecule has 23 heavy (non-hydrogen) atoms. The van der Waals surface area contributed by atoms with Crippen LogP contribution in [0.5, 0.6) is 0 Å². The maximum atomic E-state index is 12.1. The highest BCUT2D eigenvalue weighted by atomic mass is 32.2. The average molecular weight is 349 g/mol. The Morgan fingerprint density at radius 2 is 2.13 bits per heavy atom. The molecule has 1 fully saturated rings. The van der Waals surface area contributed by atoms with Crippen molar-refractivity contribution in [3.8, 4) is 0 Å². The molecule has 0 saturated carbocycles. The zero-order valence-electron chi connectivity index (χ0n) is 11.6. The molecule has 2 heterocycles. The van der Waals surface area contributed by atoms with Gasteiger partial charge in [-0.3, -0.25) is 9.36 Å². The van der Waals surface area contributed by atoms with E-state index in [1.54, 1.807) is 0 Å². The van der Waals surface area contributed by atoms with Gasteiger partial charge in [0.05, 0.1) is 6.61 Å². The lowest BCUT2D eigenvalue weighted by atomic mass is 10.2. The number of sulfone groups is 1. The molecule has 12 heteroatoms. The van der Waals surface area contributed by atoms with Crippen LogP contribution in [0.1, 0.15) is 6.23 Å². The van der Waals surface area contributed by atoms with Crippen molar-refractivity contribution in [3.63, 3.8) is 0 Å². The van der Waals surface area contributed by atoms with Crippen molar-refractivity contribution in [1.82, 2.24) is 9.55 Å². The van der Waals surface area contributed by atoms with Gasteiger partial charge in [0.2, 0.25) is 0 Å². The molecule has 4 atom stereocenters. The number of hydrogen-bond acceptors (Lipinski definition) is 9. The minimum atomic E-state index is -4.33. The van der Waals surface area contributed by atoms with Crippen molar-refractivity contribution in [2.24, 2.45) is 0 Å². The van der Waals surface area contributed by atoms with Crippen molar-refractivity contribution in [1.29, 1.82) is 0 Å². The fourth-order valence-corrected chi connectivity index (χ4v) is 4.14. The van der Waals surface area contributed by atoms with Crippen LogP contribution in [0.15, 0.2) is 17.1 Å². The number of ether oxygens (including phenoxy) is 1. The van der Waals surface area contributed by atoms with Crippen LogP contribution < -0.4 is 11.4 Å². The number of carboxylic acids is 1. The summed E-state index contributed by atoms with van der Waals surface area (Å²) in [4.78, 5) is 25.9. The molecule has 2 rings (SSSR count). The predicted octanol–water partition coefficient (Wildman–Crippen LogP) is -3.06. The number of aliphatic hydroxyl groups is 2. The van der Waals surface area contributed by atoms with Crippen LogP contribution >= 0.6 is 0 Å². The lowest BCUT2D eigenvalue weighted by Crippen LogP contribution is -2.43. The third kappa shape index (κ3) is 3.34. The fraction of sp³-hybridized carbons (Fsp3) is 0.545. The Balaban J connectivity index is 2.40. The van der Waals surface area contributed by atoms with E-state index < -0.39 is 57.5 Å². The van der Waals surface area contributed by atoms with E-state index in [2.05, 4.69) is 4.98 Å². The highest BCUT2D eigenvalue weighted by Crippen LogP contribution is 2.33. The lowest BCUT2D eigenvalue weighted by Gasteiger charge is -2.19. The Hall–Kier alpha value is -2.02. The van der Waals surface area contributed by atoms with E-state index in [-0.39, 0.29) is 5.82 Å².